The summed E-state index contributed by atoms with van der Waals surface area (Å²) in [5, 5.41) is 0.805. The van der Waals surface area contributed by atoms with Gasteiger partial charge in [-0.3, -0.25) is 4.79 Å². The molecule has 0 aromatic heterocycles. The van der Waals surface area contributed by atoms with Crippen molar-refractivity contribution in [1.82, 2.24) is 0 Å². The van der Waals surface area contributed by atoms with Gasteiger partial charge in [-0.15, -0.1) is 0 Å². The number of rotatable bonds is 3. The Bertz CT molecular complexity index is 781. The lowest BCUT2D eigenvalue weighted by atomic mass is 9.70. The standard InChI is InChI=1S/C21H24ClNO/c1-12(2)16-7-8-17(14-5-9-20(22)13(3)10-14)18-6-4-15(21(23)24)11-19(16)18/h4-6,9-12,16-17H,7-8H2,1-3H3,(H2,23,24). The Labute approximate surface area is 149 Å². The number of hydrogen-bond acceptors (Lipinski definition) is 1. The maximum absolute atomic E-state index is 11.6. The molecular formula is C21H24ClNO. The van der Waals surface area contributed by atoms with Crippen molar-refractivity contribution in [2.75, 3.05) is 0 Å². The van der Waals surface area contributed by atoms with E-state index in [0.29, 0.717) is 23.3 Å². The molecule has 1 amide bonds. The number of fused-ring (bicyclic) bond motifs is 1. The van der Waals surface area contributed by atoms with E-state index in [1.165, 1.54) is 16.7 Å². The fraction of sp³-hybridized carbons (Fsp3) is 0.381. The number of carbonyl (C=O) groups is 1. The number of hydrogen-bond donors (Lipinski definition) is 1. The van der Waals surface area contributed by atoms with Crippen LogP contribution in [0.1, 0.15) is 71.1 Å². The number of benzene rings is 2. The van der Waals surface area contributed by atoms with Gasteiger partial charge in [0.2, 0.25) is 5.91 Å². The van der Waals surface area contributed by atoms with Gasteiger partial charge in [-0.2, -0.15) is 0 Å². The second kappa shape index (κ2) is 6.60. The molecule has 1 aliphatic rings. The molecule has 0 aliphatic heterocycles. The van der Waals surface area contributed by atoms with E-state index in [1.807, 2.05) is 25.1 Å². The third-order valence-electron chi connectivity index (χ3n) is 5.30. The van der Waals surface area contributed by atoms with E-state index in [1.54, 1.807) is 0 Å². The summed E-state index contributed by atoms with van der Waals surface area (Å²) < 4.78 is 0. The van der Waals surface area contributed by atoms with Crippen molar-refractivity contribution in [3.05, 3.63) is 69.2 Å². The lowest BCUT2D eigenvalue weighted by molar-refractivity contribution is 0.1000. The monoisotopic (exact) mass is 341 g/mol. The summed E-state index contributed by atoms with van der Waals surface area (Å²) in [7, 11) is 0. The van der Waals surface area contributed by atoms with E-state index in [-0.39, 0.29) is 5.91 Å². The number of aryl methyl sites for hydroxylation is 1. The molecule has 0 radical (unpaired) electrons. The van der Waals surface area contributed by atoms with Crippen LogP contribution in [0.25, 0.3) is 0 Å². The van der Waals surface area contributed by atoms with E-state index in [0.717, 1.165) is 23.4 Å². The molecule has 0 bridgehead atoms. The average Bonchev–Trinajstić information content (AvgIpc) is 2.55. The van der Waals surface area contributed by atoms with Crippen LogP contribution in [0.5, 0.6) is 0 Å². The van der Waals surface area contributed by atoms with Gasteiger partial charge < -0.3 is 5.73 Å². The first-order valence-electron chi connectivity index (χ1n) is 8.58. The molecule has 0 saturated carbocycles. The van der Waals surface area contributed by atoms with Crippen molar-refractivity contribution in [3.8, 4) is 0 Å². The fourth-order valence-corrected chi connectivity index (χ4v) is 4.06. The lowest BCUT2D eigenvalue weighted by Crippen LogP contribution is -2.21. The number of carbonyl (C=O) groups excluding carboxylic acids is 1. The Balaban J connectivity index is 2.10. The van der Waals surface area contributed by atoms with Gasteiger partial charge in [-0.25, -0.2) is 0 Å². The van der Waals surface area contributed by atoms with Crippen LogP contribution in [0.4, 0.5) is 0 Å². The van der Waals surface area contributed by atoms with E-state index < -0.39 is 0 Å². The molecule has 2 aromatic carbocycles. The first-order chi connectivity index (χ1) is 11.4. The molecule has 3 rings (SSSR count). The summed E-state index contributed by atoms with van der Waals surface area (Å²) in [6.45, 7) is 6.54. The molecule has 0 spiro atoms. The molecule has 126 valence electrons. The van der Waals surface area contributed by atoms with Crippen molar-refractivity contribution >= 4 is 17.5 Å². The first-order valence-corrected chi connectivity index (χ1v) is 8.96. The Hall–Kier alpha value is -1.80. The van der Waals surface area contributed by atoms with Gasteiger partial charge in [0.05, 0.1) is 0 Å². The highest BCUT2D eigenvalue weighted by Gasteiger charge is 2.30. The molecule has 1 aliphatic carbocycles. The zero-order chi connectivity index (χ0) is 17.4. The highest BCUT2D eigenvalue weighted by Crippen LogP contribution is 2.45. The Kier molecular flexibility index (Phi) is 4.69. The van der Waals surface area contributed by atoms with Crippen LogP contribution in [0.2, 0.25) is 5.02 Å². The Morgan fingerprint density at radius 2 is 1.88 bits per heavy atom. The minimum Gasteiger partial charge on any atom is -0.366 e. The van der Waals surface area contributed by atoms with E-state index >= 15 is 0 Å². The Morgan fingerprint density at radius 1 is 1.12 bits per heavy atom. The molecule has 3 heteroatoms. The largest absolute Gasteiger partial charge is 0.366 e. The zero-order valence-electron chi connectivity index (χ0n) is 14.5. The predicted molar refractivity (Wildman–Crippen MR) is 99.8 cm³/mol. The van der Waals surface area contributed by atoms with Gasteiger partial charge in [0.15, 0.2) is 0 Å². The van der Waals surface area contributed by atoms with Gasteiger partial charge in [-0.1, -0.05) is 43.6 Å². The second-order valence-electron chi connectivity index (χ2n) is 7.20. The molecule has 2 unspecified atom stereocenters. The summed E-state index contributed by atoms with van der Waals surface area (Å²) in [5.41, 5.74) is 11.1. The Morgan fingerprint density at radius 3 is 2.50 bits per heavy atom. The third-order valence-corrected chi connectivity index (χ3v) is 5.73. The molecule has 0 saturated heterocycles. The summed E-state index contributed by atoms with van der Waals surface area (Å²) in [6, 6.07) is 12.3. The van der Waals surface area contributed by atoms with Crippen molar-refractivity contribution < 1.29 is 4.79 Å². The van der Waals surface area contributed by atoms with E-state index in [9.17, 15) is 4.79 Å². The van der Waals surface area contributed by atoms with Crippen LogP contribution in [0.3, 0.4) is 0 Å². The molecule has 24 heavy (non-hydrogen) atoms. The maximum atomic E-state index is 11.6. The molecule has 2 N–H and O–H groups in total. The number of nitrogens with two attached hydrogens (primary N) is 1. The molecule has 0 heterocycles. The SMILES string of the molecule is Cc1cc(C2CCC(C(C)C)c3cc(C(N)=O)ccc32)ccc1Cl. The quantitative estimate of drug-likeness (QED) is 0.796. The van der Waals surface area contributed by atoms with E-state index in [4.69, 9.17) is 17.3 Å². The highest BCUT2D eigenvalue weighted by molar-refractivity contribution is 6.31. The smallest absolute Gasteiger partial charge is 0.248 e. The number of amides is 1. The van der Waals surface area contributed by atoms with Crippen molar-refractivity contribution in [2.24, 2.45) is 11.7 Å². The lowest BCUT2D eigenvalue weighted by Gasteiger charge is -2.34. The topological polar surface area (TPSA) is 43.1 Å². The van der Waals surface area contributed by atoms with Crippen LogP contribution in [-0.4, -0.2) is 5.91 Å². The molecule has 2 atom stereocenters. The summed E-state index contributed by atoms with van der Waals surface area (Å²) in [4.78, 5) is 11.6. The minimum absolute atomic E-state index is 0.355. The summed E-state index contributed by atoms with van der Waals surface area (Å²) in [6.07, 6.45) is 2.24. The van der Waals surface area contributed by atoms with Gasteiger partial charge in [0, 0.05) is 16.5 Å². The van der Waals surface area contributed by atoms with Crippen LogP contribution < -0.4 is 5.73 Å². The van der Waals surface area contributed by atoms with Crippen molar-refractivity contribution in [2.45, 2.75) is 45.4 Å². The third kappa shape index (κ3) is 3.08. The van der Waals surface area contributed by atoms with Gasteiger partial charge in [-0.05, 0) is 72.1 Å². The van der Waals surface area contributed by atoms with Gasteiger partial charge in [0.1, 0.15) is 0 Å². The van der Waals surface area contributed by atoms with Crippen molar-refractivity contribution in [3.63, 3.8) is 0 Å². The molecular weight excluding hydrogens is 318 g/mol. The normalized spacial score (nSPS) is 20.0. The van der Waals surface area contributed by atoms with Gasteiger partial charge in [0.25, 0.3) is 0 Å². The van der Waals surface area contributed by atoms with Crippen LogP contribution >= 0.6 is 11.6 Å². The summed E-state index contributed by atoms with van der Waals surface area (Å²) in [5.74, 6) is 1.02. The first kappa shape index (κ1) is 17.0. The van der Waals surface area contributed by atoms with Crippen molar-refractivity contribution in [1.29, 1.82) is 0 Å². The second-order valence-corrected chi connectivity index (χ2v) is 7.60. The van der Waals surface area contributed by atoms with Crippen LogP contribution in [-0.2, 0) is 0 Å². The summed E-state index contributed by atoms with van der Waals surface area (Å²) >= 11 is 6.19. The fourth-order valence-electron chi connectivity index (χ4n) is 3.95. The highest BCUT2D eigenvalue weighted by atomic mass is 35.5. The average molecular weight is 342 g/mol. The number of halogens is 1. The van der Waals surface area contributed by atoms with Crippen LogP contribution in [0.15, 0.2) is 36.4 Å². The predicted octanol–water partition coefficient (Wildman–Crippen LogP) is 5.41. The molecule has 2 nitrogen and oxygen atoms in total. The molecule has 0 fully saturated rings. The van der Waals surface area contributed by atoms with Gasteiger partial charge >= 0.3 is 0 Å². The zero-order valence-corrected chi connectivity index (χ0v) is 15.2. The molecule has 2 aromatic rings. The van der Waals surface area contributed by atoms with E-state index in [2.05, 4.69) is 32.0 Å². The minimum atomic E-state index is -0.357. The number of primary amides is 1. The maximum Gasteiger partial charge on any atom is 0.248 e. The van der Waals surface area contributed by atoms with Crippen LogP contribution in [0, 0.1) is 12.8 Å².